The quantitative estimate of drug-likeness (QED) is 0.629. The number of nitrogens with one attached hydrogen (secondary N) is 1. The maximum atomic E-state index is 12.7. The van der Waals surface area contributed by atoms with Crippen LogP contribution in [0.4, 0.5) is 10.7 Å². The second kappa shape index (κ2) is 9.27. The summed E-state index contributed by atoms with van der Waals surface area (Å²) in [6.45, 7) is 1.61. The summed E-state index contributed by atoms with van der Waals surface area (Å²) in [7, 11) is -0.573. The molecule has 31 heavy (non-hydrogen) atoms. The van der Waals surface area contributed by atoms with Gasteiger partial charge in [0.1, 0.15) is 10.8 Å². The molecule has 1 aliphatic rings. The lowest BCUT2D eigenvalue weighted by Crippen LogP contribution is -2.30. The SMILES string of the molecule is COC(=O)c1c(NC(=O)[C@@H](C)Oc2ccc(N(C)S(C)(=O)=O)cc2)sc2c1CCCC2. The van der Waals surface area contributed by atoms with Gasteiger partial charge < -0.3 is 14.8 Å². The van der Waals surface area contributed by atoms with Crippen molar-refractivity contribution in [2.24, 2.45) is 0 Å². The van der Waals surface area contributed by atoms with Gasteiger partial charge in [0.15, 0.2) is 6.10 Å². The Balaban J connectivity index is 1.72. The molecule has 0 saturated heterocycles. The molecule has 0 aliphatic heterocycles. The Hall–Kier alpha value is -2.59. The zero-order valence-corrected chi connectivity index (χ0v) is 19.6. The van der Waals surface area contributed by atoms with E-state index in [2.05, 4.69) is 5.32 Å². The molecule has 3 rings (SSSR count). The molecule has 10 heteroatoms. The van der Waals surface area contributed by atoms with Gasteiger partial charge in [0.2, 0.25) is 10.0 Å². The van der Waals surface area contributed by atoms with E-state index in [0.717, 1.165) is 46.7 Å². The third-order valence-corrected chi connectivity index (χ3v) is 7.59. The Labute approximate surface area is 186 Å². The highest BCUT2D eigenvalue weighted by Gasteiger charge is 2.28. The molecule has 8 nitrogen and oxygen atoms in total. The Kier molecular flexibility index (Phi) is 6.90. The van der Waals surface area contributed by atoms with Crippen molar-refractivity contribution >= 4 is 43.9 Å². The monoisotopic (exact) mass is 466 g/mol. The lowest BCUT2D eigenvalue weighted by atomic mass is 9.95. The van der Waals surface area contributed by atoms with Gasteiger partial charge in [-0.1, -0.05) is 0 Å². The molecule has 1 aromatic heterocycles. The first kappa shape index (κ1) is 23.1. The van der Waals surface area contributed by atoms with Crippen molar-refractivity contribution in [2.75, 3.05) is 30.0 Å². The van der Waals surface area contributed by atoms with E-state index >= 15 is 0 Å². The van der Waals surface area contributed by atoms with Crippen LogP contribution in [0.1, 0.15) is 40.6 Å². The number of amides is 1. The fourth-order valence-electron chi connectivity index (χ4n) is 3.37. The minimum absolute atomic E-state index is 0.388. The molecule has 2 aromatic rings. The molecule has 0 fully saturated rings. The van der Waals surface area contributed by atoms with Gasteiger partial charge in [-0.2, -0.15) is 0 Å². The second-order valence-corrected chi connectivity index (χ2v) is 10.5. The number of anilines is 2. The van der Waals surface area contributed by atoms with Crippen molar-refractivity contribution in [3.05, 3.63) is 40.3 Å². The van der Waals surface area contributed by atoms with Crippen LogP contribution in [0.2, 0.25) is 0 Å². The van der Waals surface area contributed by atoms with Crippen LogP contribution in [0.25, 0.3) is 0 Å². The Bertz CT molecular complexity index is 1080. The topological polar surface area (TPSA) is 102 Å². The van der Waals surface area contributed by atoms with E-state index in [1.165, 1.54) is 25.5 Å². The fraction of sp³-hybridized carbons (Fsp3) is 0.429. The number of esters is 1. The van der Waals surface area contributed by atoms with E-state index in [1.807, 2.05) is 0 Å². The normalized spacial score (nSPS) is 14.3. The van der Waals surface area contributed by atoms with Crippen molar-refractivity contribution in [2.45, 2.75) is 38.7 Å². The van der Waals surface area contributed by atoms with Gasteiger partial charge in [-0.05, 0) is 62.4 Å². The van der Waals surface area contributed by atoms with E-state index in [-0.39, 0.29) is 5.91 Å². The van der Waals surface area contributed by atoms with Gasteiger partial charge in [0.05, 0.1) is 24.6 Å². The standard InChI is InChI=1S/C21H26N2O6S2/c1-13(29-15-11-9-14(10-12-15)23(2)31(4,26)27)19(24)22-20-18(21(25)28-3)16-7-5-6-8-17(16)30-20/h9-13H,5-8H2,1-4H3,(H,22,24)/t13-/m1/s1. The summed E-state index contributed by atoms with van der Waals surface area (Å²) in [5.74, 6) is -0.415. The maximum absolute atomic E-state index is 12.7. The van der Waals surface area contributed by atoms with E-state index < -0.39 is 22.1 Å². The average Bonchev–Trinajstić information content (AvgIpc) is 3.10. The summed E-state index contributed by atoms with van der Waals surface area (Å²) >= 11 is 1.41. The number of rotatable bonds is 7. The van der Waals surface area contributed by atoms with E-state index in [9.17, 15) is 18.0 Å². The number of hydrogen-bond acceptors (Lipinski definition) is 7. The van der Waals surface area contributed by atoms with Crippen molar-refractivity contribution in [1.82, 2.24) is 0 Å². The molecule has 1 atom stereocenters. The number of ether oxygens (including phenoxy) is 2. The first-order chi connectivity index (χ1) is 14.6. The van der Waals surface area contributed by atoms with Gasteiger partial charge >= 0.3 is 5.97 Å². The summed E-state index contributed by atoms with van der Waals surface area (Å²) < 4.78 is 35.1. The van der Waals surface area contributed by atoms with Gasteiger partial charge in [-0.15, -0.1) is 11.3 Å². The van der Waals surface area contributed by atoms with Crippen molar-refractivity contribution in [3.63, 3.8) is 0 Å². The van der Waals surface area contributed by atoms with E-state index in [4.69, 9.17) is 9.47 Å². The Morgan fingerprint density at radius 1 is 1.16 bits per heavy atom. The molecule has 1 N–H and O–H groups in total. The summed E-state index contributed by atoms with van der Waals surface area (Å²) in [4.78, 5) is 26.2. The Morgan fingerprint density at radius 2 is 1.81 bits per heavy atom. The number of carbonyl (C=O) groups is 2. The van der Waals surface area contributed by atoms with Crippen molar-refractivity contribution in [3.8, 4) is 5.75 Å². The largest absolute Gasteiger partial charge is 0.481 e. The summed E-state index contributed by atoms with van der Waals surface area (Å²) in [6, 6.07) is 6.41. The summed E-state index contributed by atoms with van der Waals surface area (Å²) in [5.41, 5.74) is 1.90. The average molecular weight is 467 g/mol. The second-order valence-electron chi connectivity index (χ2n) is 7.38. The van der Waals surface area contributed by atoms with Crippen LogP contribution in [0.3, 0.4) is 0 Å². The molecule has 168 valence electrons. The molecule has 1 aliphatic carbocycles. The lowest BCUT2D eigenvalue weighted by molar-refractivity contribution is -0.122. The number of thiophene rings is 1. The van der Waals surface area contributed by atoms with Crippen LogP contribution in [0.5, 0.6) is 5.75 Å². The minimum Gasteiger partial charge on any atom is -0.481 e. The molecule has 0 saturated carbocycles. The number of benzene rings is 1. The highest BCUT2D eigenvalue weighted by atomic mass is 32.2. The highest BCUT2D eigenvalue weighted by Crippen LogP contribution is 2.38. The van der Waals surface area contributed by atoms with Crippen molar-refractivity contribution in [1.29, 1.82) is 0 Å². The number of nitrogens with zero attached hydrogens (tertiary/aromatic N) is 1. The third kappa shape index (κ3) is 5.19. The van der Waals surface area contributed by atoms with Crippen LogP contribution in [0.15, 0.2) is 24.3 Å². The first-order valence-corrected chi connectivity index (χ1v) is 12.5. The van der Waals surface area contributed by atoms with Gasteiger partial charge in [0, 0.05) is 11.9 Å². The van der Waals surface area contributed by atoms with Gasteiger partial charge in [-0.25, -0.2) is 13.2 Å². The lowest BCUT2D eigenvalue weighted by Gasteiger charge is -2.18. The highest BCUT2D eigenvalue weighted by molar-refractivity contribution is 7.92. The van der Waals surface area contributed by atoms with Crippen LogP contribution in [-0.2, 0) is 32.4 Å². The maximum Gasteiger partial charge on any atom is 0.341 e. The molecule has 0 radical (unpaired) electrons. The number of sulfonamides is 1. The number of fused-ring (bicyclic) bond motifs is 1. The predicted octanol–water partition coefficient (Wildman–Crippen LogP) is 3.22. The van der Waals surface area contributed by atoms with Crippen LogP contribution >= 0.6 is 11.3 Å². The van der Waals surface area contributed by atoms with Gasteiger partial charge in [0.25, 0.3) is 5.91 Å². The van der Waals surface area contributed by atoms with Crippen LogP contribution in [0, 0.1) is 0 Å². The summed E-state index contributed by atoms with van der Waals surface area (Å²) in [6.07, 6.45) is 4.04. The number of aryl methyl sites for hydroxylation is 1. The number of hydrogen-bond donors (Lipinski definition) is 1. The number of carbonyl (C=O) groups excluding carboxylic acids is 2. The fourth-order valence-corrected chi connectivity index (χ4v) is 5.15. The third-order valence-electron chi connectivity index (χ3n) is 5.18. The zero-order chi connectivity index (χ0) is 22.8. The molecule has 1 amide bonds. The smallest absolute Gasteiger partial charge is 0.341 e. The van der Waals surface area contributed by atoms with E-state index in [0.29, 0.717) is 22.0 Å². The molecular formula is C21H26N2O6S2. The first-order valence-electron chi connectivity index (χ1n) is 9.86. The van der Waals surface area contributed by atoms with Gasteiger partial charge in [-0.3, -0.25) is 9.10 Å². The molecular weight excluding hydrogens is 440 g/mol. The molecule has 1 aromatic carbocycles. The van der Waals surface area contributed by atoms with E-state index in [1.54, 1.807) is 31.2 Å². The molecule has 0 spiro atoms. The molecule has 1 heterocycles. The predicted molar refractivity (Wildman–Crippen MR) is 121 cm³/mol. The number of methoxy groups -OCH3 is 1. The minimum atomic E-state index is -3.36. The summed E-state index contributed by atoms with van der Waals surface area (Å²) in [5, 5.41) is 3.31. The van der Waals surface area contributed by atoms with Crippen molar-refractivity contribution < 1.29 is 27.5 Å². The molecule has 0 bridgehead atoms. The Morgan fingerprint density at radius 3 is 2.42 bits per heavy atom. The molecule has 0 unspecified atom stereocenters. The van der Waals surface area contributed by atoms with Crippen LogP contribution < -0.4 is 14.4 Å². The van der Waals surface area contributed by atoms with Crippen LogP contribution in [-0.4, -0.2) is 46.8 Å². The zero-order valence-electron chi connectivity index (χ0n) is 17.9.